The number of amides is 1. The minimum absolute atomic E-state index is 0.224. The lowest BCUT2D eigenvalue weighted by Crippen LogP contribution is -2.33. The van der Waals surface area contributed by atoms with Crippen LogP contribution < -0.4 is 0 Å². The van der Waals surface area contributed by atoms with E-state index in [1.807, 2.05) is 24.3 Å². The number of hydrogen-bond donors (Lipinski definition) is 1. The van der Waals surface area contributed by atoms with Crippen molar-refractivity contribution in [1.82, 2.24) is 4.90 Å². The summed E-state index contributed by atoms with van der Waals surface area (Å²) >= 11 is 9.64. The Kier molecular flexibility index (Phi) is 7.36. The summed E-state index contributed by atoms with van der Waals surface area (Å²) in [5.41, 5.74) is 1.60. The van der Waals surface area contributed by atoms with Crippen molar-refractivity contribution in [3.05, 3.63) is 39.2 Å². The first-order chi connectivity index (χ1) is 12.3. The van der Waals surface area contributed by atoms with Crippen molar-refractivity contribution in [2.24, 2.45) is 0 Å². The molecule has 1 saturated heterocycles. The summed E-state index contributed by atoms with van der Waals surface area (Å²) in [6, 6.07) is 7.46. The number of carbonyl (C=O) groups excluding carboxylic acids is 2. The van der Waals surface area contributed by atoms with Crippen molar-refractivity contribution in [2.45, 2.75) is 19.8 Å². The van der Waals surface area contributed by atoms with Crippen LogP contribution in [0.3, 0.4) is 0 Å². The SMILES string of the molecule is CC(=O)OCCC/C(=C1/SC(=S)N(CC(=O)O)C1=O)c1ccc(Br)cc1. The van der Waals surface area contributed by atoms with Crippen LogP contribution in [0.25, 0.3) is 5.57 Å². The van der Waals surface area contributed by atoms with Crippen LogP contribution in [0.2, 0.25) is 0 Å². The fraction of sp³-hybridized carbons (Fsp3) is 0.294. The number of aliphatic carboxylic acids is 1. The number of allylic oxidation sites excluding steroid dienone is 1. The Morgan fingerprint density at radius 1 is 1.31 bits per heavy atom. The molecule has 0 radical (unpaired) electrons. The lowest BCUT2D eigenvalue weighted by Gasteiger charge is -2.13. The first kappa shape index (κ1) is 20.6. The van der Waals surface area contributed by atoms with Crippen LogP contribution in [0, 0.1) is 0 Å². The number of rotatable bonds is 7. The Morgan fingerprint density at radius 3 is 2.54 bits per heavy atom. The molecule has 1 N–H and O–H groups in total. The number of ether oxygens (including phenoxy) is 1. The van der Waals surface area contributed by atoms with Gasteiger partial charge in [0, 0.05) is 11.4 Å². The molecule has 9 heteroatoms. The molecule has 0 atom stereocenters. The summed E-state index contributed by atoms with van der Waals surface area (Å²) in [5, 5.41) is 8.97. The zero-order valence-corrected chi connectivity index (χ0v) is 17.1. The number of hydrogen-bond acceptors (Lipinski definition) is 6. The van der Waals surface area contributed by atoms with Gasteiger partial charge in [0.15, 0.2) is 0 Å². The Bertz CT molecular complexity index is 776. The highest BCUT2D eigenvalue weighted by molar-refractivity contribution is 9.10. The maximum absolute atomic E-state index is 12.7. The molecule has 1 aliphatic rings. The Balaban J connectivity index is 2.32. The number of carboxylic acid groups (broad SMARTS) is 1. The van der Waals surface area contributed by atoms with Gasteiger partial charge in [-0.15, -0.1) is 0 Å². The molecule has 26 heavy (non-hydrogen) atoms. The number of thiocarbonyl (C=S) groups is 1. The van der Waals surface area contributed by atoms with Crippen LogP contribution in [0.5, 0.6) is 0 Å². The fourth-order valence-corrected chi connectivity index (χ4v) is 3.99. The molecule has 6 nitrogen and oxygen atoms in total. The van der Waals surface area contributed by atoms with E-state index < -0.39 is 18.4 Å². The molecular formula is C17H16BrNO5S2. The molecule has 1 heterocycles. The van der Waals surface area contributed by atoms with Crippen LogP contribution in [-0.4, -0.2) is 45.3 Å². The van der Waals surface area contributed by atoms with E-state index in [0.717, 1.165) is 32.3 Å². The van der Waals surface area contributed by atoms with E-state index in [0.29, 0.717) is 17.7 Å². The van der Waals surface area contributed by atoms with Crippen LogP contribution in [-0.2, 0) is 19.1 Å². The highest BCUT2D eigenvalue weighted by atomic mass is 79.9. The number of esters is 1. The zero-order chi connectivity index (χ0) is 19.3. The summed E-state index contributed by atoms with van der Waals surface area (Å²) in [5.74, 6) is -1.89. The lowest BCUT2D eigenvalue weighted by atomic mass is 10.0. The molecule has 0 unspecified atom stereocenters. The summed E-state index contributed by atoms with van der Waals surface area (Å²) in [6.07, 6.45) is 1.03. The van der Waals surface area contributed by atoms with Crippen molar-refractivity contribution < 1.29 is 24.2 Å². The predicted molar refractivity (Wildman–Crippen MR) is 106 cm³/mol. The predicted octanol–water partition coefficient (Wildman–Crippen LogP) is 3.45. The van der Waals surface area contributed by atoms with Gasteiger partial charge in [-0.25, -0.2) is 0 Å². The maximum Gasteiger partial charge on any atom is 0.323 e. The van der Waals surface area contributed by atoms with Gasteiger partial charge in [0.05, 0.1) is 11.5 Å². The fourth-order valence-electron chi connectivity index (χ4n) is 2.36. The van der Waals surface area contributed by atoms with Crippen molar-refractivity contribution in [3.63, 3.8) is 0 Å². The van der Waals surface area contributed by atoms with E-state index in [4.69, 9.17) is 22.1 Å². The second kappa shape index (κ2) is 9.29. The molecule has 0 aromatic heterocycles. The largest absolute Gasteiger partial charge is 0.480 e. The first-order valence-electron chi connectivity index (χ1n) is 7.67. The van der Waals surface area contributed by atoms with Crippen LogP contribution >= 0.6 is 39.9 Å². The van der Waals surface area contributed by atoms with Crippen LogP contribution in [0.15, 0.2) is 33.6 Å². The van der Waals surface area contributed by atoms with Crippen molar-refractivity contribution in [1.29, 1.82) is 0 Å². The normalized spacial score (nSPS) is 16.0. The average molecular weight is 458 g/mol. The van der Waals surface area contributed by atoms with E-state index in [2.05, 4.69) is 15.9 Å². The summed E-state index contributed by atoms with van der Waals surface area (Å²) < 4.78 is 6.08. The second-order valence-corrected chi connectivity index (χ2v) is 7.97. The number of carboxylic acids is 1. The van der Waals surface area contributed by atoms with Crippen LogP contribution in [0.4, 0.5) is 0 Å². The van der Waals surface area contributed by atoms with Gasteiger partial charge in [0.1, 0.15) is 10.9 Å². The summed E-state index contributed by atoms with van der Waals surface area (Å²) in [4.78, 5) is 36.1. The molecule has 0 saturated carbocycles. The van der Waals surface area contributed by atoms with Gasteiger partial charge in [0.25, 0.3) is 5.91 Å². The van der Waals surface area contributed by atoms with E-state index in [9.17, 15) is 14.4 Å². The Hall–Kier alpha value is -1.71. The monoisotopic (exact) mass is 457 g/mol. The molecule has 1 aromatic carbocycles. The summed E-state index contributed by atoms with van der Waals surface area (Å²) in [6.45, 7) is 1.12. The van der Waals surface area contributed by atoms with Gasteiger partial charge in [-0.1, -0.05) is 52.0 Å². The first-order valence-corrected chi connectivity index (χ1v) is 9.69. The molecule has 2 rings (SSSR count). The lowest BCUT2D eigenvalue weighted by molar-refractivity contribution is -0.141. The molecule has 1 fully saturated rings. The maximum atomic E-state index is 12.7. The highest BCUT2D eigenvalue weighted by Gasteiger charge is 2.35. The highest BCUT2D eigenvalue weighted by Crippen LogP contribution is 2.38. The molecule has 0 bridgehead atoms. The molecule has 1 aliphatic heterocycles. The number of nitrogens with zero attached hydrogens (tertiary/aromatic N) is 1. The van der Waals surface area contributed by atoms with E-state index in [-0.39, 0.29) is 16.9 Å². The topological polar surface area (TPSA) is 83.9 Å². The molecule has 1 amide bonds. The number of thioether (sulfide) groups is 1. The smallest absolute Gasteiger partial charge is 0.323 e. The third-order valence-electron chi connectivity index (χ3n) is 3.49. The molecule has 138 valence electrons. The van der Waals surface area contributed by atoms with Gasteiger partial charge in [-0.3, -0.25) is 19.3 Å². The zero-order valence-electron chi connectivity index (χ0n) is 13.9. The van der Waals surface area contributed by atoms with Gasteiger partial charge >= 0.3 is 11.9 Å². The Labute approximate surface area is 168 Å². The molecule has 0 spiro atoms. The van der Waals surface area contributed by atoms with E-state index in [1.165, 1.54) is 6.92 Å². The summed E-state index contributed by atoms with van der Waals surface area (Å²) in [7, 11) is 0. The quantitative estimate of drug-likeness (QED) is 0.290. The Morgan fingerprint density at radius 2 is 1.96 bits per heavy atom. The minimum Gasteiger partial charge on any atom is -0.480 e. The second-order valence-electron chi connectivity index (χ2n) is 5.41. The van der Waals surface area contributed by atoms with Crippen LogP contribution in [0.1, 0.15) is 25.3 Å². The van der Waals surface area contributed by atoms with E-state index >= 15 is 0 Å². The van der Waals surface area contributed by atoms with E-state index in [1.54, 1.807) is 0 Å². The molecule has 0 aliphatic carbocycles. The van der Waals surface area contributed by atoms with Gasteiger partial charge in [-0.2, -0.15) is 0 Å². The van der Waals surface area contributed by atoms with Crippen molar-refractivity contribution >= 4 is 67.6 Å². The average Bonchev–Trinajstić information content (AvgIpc) is 2.83. The molecular weight excluding hydrogens is 442 g/mol. The van der Waals surface area contributed by atoms with Gasteiger partial charge < -0.3 is 9.84 Å². The third kappa shape index (κ3) is 5.39. The van der Waals surface area contributed by atoms with Gasteiger partial charge in [-0.05, 0) is 36.1 Å². The molecule has 1 aromatic rings. The standard InChI is InChI=1S/C17H16BrNO5S2/c1-10(20)24-8-2-3-13(11-4-6-12(18)7-5-11)15-16(23)19(9-14(21)22)17(25)26-15/h4-7H,2-3,8-9H2,1H3,(H,21,22)/b15-13-. The number of carbonyl (C=O) groups is 3. The number of benzene rings is 1. The van der Waals surface area contributed by atoms with Crippen molar-refractivity contribution in [2.75, 3.05) is 13.2 Å². The third-order valence-corrected chi connectivity index (χ3v) is 5.50. The van der Waals surface area contributed by atoms with Gasteiger partial charge in [0.2, 0.25) is 0 Å². The van der Waals surface area contributed by atoms with Crippen molar-refractivity contribution in [3.8, 4) is 0 Å². The number of halogens is 1. The minimum atomic E-state index is -1.12.